The first-order valence-corrected chi connectivity index (χ1v) is 8.17. The Hall–Kier alpha value is -3.24. The molecular weight excluding hydrogens is 341 g/mol. The van der Waals surface area contributed by atoms with Crippen LogP contribution in [0.2, 0.25) is 0 Å². The summed E-state index contributed by atoms with van der Waals surface area (Å²) < 4.78 is 18.1. The number of carbonyl (C=O) groups is 1. The molecule has 2 aromatic heterocycles. The van der Waals surface area contributed by atoms with Crippen LogP contribution in [0, 0.1) is 17.1 Å². The van der Waals surface area contributed by atoms with Crippen LogP contribution in [0.3, 0.4) is 0 Å². The second kappa shape index (κ2) is 7.55. The molecular formula is C18H12FN3O2S. The highest BCUT2D eigenvalue weighted by Gasteiger charge is 2.11. The van der Waals surface area contributed by atoms with E-state index in [0.717, 1.165) is 5.56 Å². The summed E-state index contributed by atoms with van der Waals surface area (Å²) in [4.78, 5) is 16.4. The molecule has 0 radical (unpaired) electrons. The predicted molar refractivity (Wildman–Crippen MR) is 91.7 cm³/mol. The molecule has 0 fully saturated rings. The van der Waals surface area contributed by atoms with E-state index >= 15 is 0 Å². The van der Waals surface area contributed by atoms with Gasteiger partial charge in [-0.2, -0.15) is 5.26 Å². The van der Waals surface area contributed by atoms with Crippen molar-refractivity contribution in [2.45, 2.75) is 6.54 Å². The largest absolute Gasteiger partial charge is 0.467 e. The highest BCUT2D eigenvalue weighted by atomic mass is 32.1. The number of carbonyl (C=O) groups excluding carboxylic acids is 1. The van der Waals surface area contributed by atoms with Gasteiger partial charge in [0, 0.05) is 10.9 Å². The first-order valence-electron chi connectivity index (χ1n) is 7.29. The van der Waals surface area contributed by atoms with Gasteiger partial charge in [0.2, 0.25) is 0 Å². The van der Waals surface area contributed by atoms with Crippen molar-refractivity contribution in [3.63, 3.8) is 0 Å². The van der Waals surface area contributed by atoms with Crippen molar-refractivity contribution in [1.29, 1.82) is 5.26 Å². The predicted octanol–water partition coefficient (Wildman–Crippen LogP) is 3.77. The lowest BCUT2D eigenvalue weighted by Crippen LogP contribution is -2.23. The van der Waals surface area contributed by atoms with E-state index in [0.29, 0.717) is 16.5 Å². The third kappa shape index (κ3) is 4.19. The van der Waals surface area contributed by atoms with Gasteiger partial charge in [0.15, 0.2) is 0 Å². The Morgan fingerprint density at radius 1 is 1.36 bits per heavy atom. The van der Waals surface area contributed by atoms with Crippen molar-refractivity contribution in [2.24, 2.45) is 0 Å². The first kappa shape index (κ1) is 16.6. The third-order valence-corrected chi connectivity index (χ3v) is 4.18. The minimum absolute atomic E-state index is 0.0532. The molecule has 2 heterocycles. The van der Waals surface area contributed by atoms with Gasteiger partial charge >= 0.3 is 0 Å². The molecule has 0 bridgehead atoms. The van der Waals surface area contributed by atoms with Crippen LogP contribution in [-0.4, -0.2) is 10.9 Å². The molecule has 0 saturated carbocycles. The van der Waals surface area contributed by atoms with E-state index in [2.05, 4.69) is 10.3 Å². The van der Waals surface area contributed by atoms with Gasteiger partial charge in [0.25, 0.3) is 5.91 Å². The van der Waals surface area contributed by atoms with Gasteiger partial charge in [0.05, 0.1) is 18.5 Å². The van der Waals surface area contributed by atoms with E-state index in [-0.39, 0.29) is 17.9 Å². The van der Waals surface area contributed by atoms with E-state index in [9.17, 15) is 14.4 Å². The van der Waals surface area contributed by atoms with Crippen LogP contribution in [0.15, 0.2) is 58.0 Å². The fourth-order valence-electron chi connectivity index (χ4n) is 2.05. The molecule has 1 aromatic carbocycles. The second-order valence-corrected chi connectivity index (χ2v) is 5.87. The number of nitriles is 1. The Balaban J connectivity index is 1.72. The Labute approximate surface area is 147 Å². The number of nitrogens with zero attached hydrogens (tertiary/aromatic N) is 2. The summed E-state index contributed by atoms with van der Waals surface area (Å²) in [5.74, 6) is -0.228. The quantitative estimate of drug-likeness (QED) is 0.559. The zero-order valence-electron chi connectivity index (χ0n) is 12.9. The molecule has 0 aliphatic carbocycles. The van der Waals surface area contributed by atoms with E-state index in [4.69, 9.17) is 4.42 Å². The summed E-state index contributed by atoms with van der Waals surface area (Å²) in [6.45, 7) is 0.197. The third-order valence-electron chi connectivity index (χ3n) is 3.27. The normalized spacial score (nSPS) is 11.1. The lowest BCUT2D eigenvalue weighted by atomic mass is 10.2. The standard InChI is InChI=1S/C18H12FN3O2S/c19-14-5-3-12(4-6-14)18-22-15(11-25-18)8-13(9-20)17(23)21-10-16-2-1-7-24-16/h1-8,11H,10H2,(H,21,23)/b13-8+. The Bertz CT molecular complexity index is 938. The maximum atomic E-state index is 13.0. The summed E-state index contributed by atoms with van der Waals surface area (Å²) in [5.41, 5.74) is 1.21. The van der Waals surface area contributed by atoms with Gasteiger partial charge in [-0.1, -0.05) is 0 Å². The highest BCUT2D eigenvalue weighted by Crippen LogP contribution is 2.24. The molecule has 0 aliphatic rings. The van der Waals surface area contributed by atoms with Crippen LogP contribution >= 0.6 is 11.3 Å². The van der Waals surface area contributed by atoms with Crippen molar-refractivity contribution in [2.75, 3.05) is 0 Å². The molecule has 124 valence electrons. The molecule has 25 heavy (non-hydrogen) atoms. The zero-order chi connectivity index (χ0) is 17.6. The van der Waals surface area contributed by atoms with Crippen LogP contribution in [0.1, 0.15) is 11.5 Å². The summed E-state index contributed by atoms with van der Waals surface area (Å²) in [6.07, 6.45) is 2.93. The lowest BCUT2D eigenvalue weighted by molar-refractivity contribution is -0.117. The lowest BCUT2D eigenvalue weighted by Gasteiger charge is -2.01. The smallest absolute Gasteiger partial charge is 0.262 e. The monoisotopic (exact) mass is 353 g/mol. The minimum Gasteiger partial charge on any atom is -0.467 e. The van der Waals surface area contributed by atoms with Gasteiger partial charge in [-0.15, -0.1) is 11.3 Å². The number of thiazole rings is 1. The SMILES string of the molecule is N#C/C(=C\c1csc(-c2ccc(F)cc2)n1)C(=O)NCc1ccco1. The van der Waals surface area contributed by atoms with E-state index in [1.807, 2.05) is 6.07 Å². The molecule has 0 atom stereocenters. The van der Waals surface area contributed by atoms with E-state index in [1.54, 1.807) is 29.6 Å². The Kier molecular flexibility index (Phi) is 5.02. The fourth-order valence-corrected chi connectivity index (χ4v) is 2.83. The van der Waals surface area contributed by atoms with Crippen molar-refractivity contribution < 1.29 is 13.6 Å². The number of aromatic nitrogens is 1. The molecule has 7 heteroatoms. The van der Waals surface area contributed by atoms with E-state index in [1.165, 1.54) is 35.8 Å². The molecule has 3 aromatic rings. The molecule has 0 saturated heterocycles. The van der Waals surface area contributed by atoms with Gasteiger partial charge < -0.3 is 9.73 Å². The van der Waals surface area contributed by atoms with Gasteiger partial charge in [0.1, 0.15) is 28.2 Å². The van der Waals surface area contributed by atoms with Crippen LogP contribution in [-0.2, 0) is 11.3 Å². The number of benzene rings is 1. The van der Waals surface area contributed by atoms with Gasteiger partial charge in [-0.25, -0.2) is 9.37 Å². The van der Waals surface area contributed by atoms with Crippen molar-refractivity contribution >= 4 is 23.3 Å². The first-order chi connectivity index (χ1) is 12.2. The van der Waals surface area contributed by atoms with Crippen molar-refractivity contribution in [3.05, 3.63) is 70.9 Å². The maximum Gasteiger partial charge on any atom is 0.262 e. The number of amides is 1. The Morgan fingerprint density at radius 3 is 2.84 bits per heavy atom. The number of halogens is 1. The van der Waals surface area contributed by atoms with Crippen molar-refractivity contribution in [1.82, 2.24) is 10.3 Å². The minimum atomic E-state index is -0.504. The molecule has 1 N–H and O–H groups in total. The maximum absolute atomic E-state index is 13.0. The molecule has 0 unspecified atom stereocenters. The zero-order valence-corrected chi connectivity index (χ0v) is 13.7. The number of rotatable bonds is 5. The average Bonchev–Trinajstić information content (AvgIpc) is 3.30. The number of hydrogen-bond acceptors (Lipinski definition) is 5. The van der Waals surface area contributed by atoms with Gasteiger partial charge in [-0.05, 0) is 42.5 Å². The number of nitrogens with one attached hydrogen (secondary N) is 1. The topological polar surface area (TPSA) is 78.9 Å². The summed E-state index contributed by atoms with van der Waals surface area (Å²) in [6, 6.07) is 11.3. The van der Waals surface area contributed by atoms with Crippen LogP contribution in [0.4, 0.5) is 4.39 Å². The van der Waals surface area contributed by atoms with Gasteiger partial charge in [-0.3, -0.25) is 4.79 Å². The fraction of sp³-hybridized carbons (Fsp3) is 0.0556. The highest BCUT2D eigenvalue weighted by molar-refractivity contribution is 7.13. The van der Waals surface area contributed by atoms with Crippen LogP contribution in [0.5, 0.6) is 0 Å². The van der Waals surface area contributed by atoms with E-state index < -0.39 is 5.91 Å². The number of hydrogen-bond donors (Lipinski definition) is 1. The van der Waals surface area contributed by atoms with Crippen molar-refractivity contribution in [3.8, 4) is 16.6 Å². The molecule has 5 nitrogen and oxygen atoms in total. The number of furan rings is 1. The summed E-state index contributed by atoms with van der Waals surface area (Å²) >= 11 is 1.35. The van der Waals surface area contributed by atoms with Crippen LogP contribution < -0.4 is 5.32 Å². The van der Waals surface area contributed by atoms with Crippen LogP contribution in [0.25, 0.3) is 16.6 Å². The summed E-state index contributed by atoms with van der Waals surface area (Å²) in [7, 11) is 0. The molecule has 3 rings (SSSR count). The second-order valence-electron chi connectivity index (χ2n) is 5.02. The molecule has 0 aliphatic heterocycles. The molecule has 0 spiro atoms. The molecule has 1 amide bonds. The summed E-state index contributed by atoms with van der Waals surface area (Å²) in [5, 5.41) is 14.2. The Morgan fingerprint density at radius 2 is 2.16 bits per heavy atom. The average molecular weight is 353 g/mol.